The van der Waals surface area contributed by atoms with Crippen LogP contribution < -0.4 is 5.32 Å². The molecule has 0 aliphatic heterocycles. The van der Waals surface area contributed by atoms with Gasteiger partial charge in [-0.25, -0.2) is 0 Å². The molecule has 1 rings (SSSR count). The van der Waals surface area contributed by atoms with Gasteiger partial charge in [0.2, 0.25) is 0 Å². The molecule has 0 amide bonds. The molecular weight excluding hydrogens is 242 g/mol. The molecule has 1 aromatic rings. The van der Waals surface area contributed by atoms with Crippen LogP contribution in [0.3, 0.4) is 0 Å². The second kappa shape index (κ2) is 7.92. The summed E-state index contributed by atoms with van der Waals surface area (Å²) in [6.45, 7) is 4.21. The fourth-order valence-electron chi connectivity index (χ4n) is 1.97. The van der Waals surface area contributed by atoms with Crippen LogP contribution in [0.25, 0.3) is 0 Å². The predicted molar refractivity (Wildman–Crippen MR) is 74.7 cm³/mol. The number of carbonyl (C=O) groups excluding carboxylic acids is 1. The van der Waals surface area contributed by atoms with E-state index in [4.69, 9.17) is 4.74 Å². The molecule has 19 heavy (non-hydrogen) atoms. The molecular formula is C15H23NO3. The van der Waals surface area contributed by atoms with E-state index in [1.807, 2.05) is 44.2 Å². The Balaban J connectivity index is 2.82. The van der Waals surface area contributed by atoms with Gasteiger partial charge in [-0.05, 0) is 12.0 Å². The van der Waals surface area contributed by atoms with Crippen molar-refractivity contribution in [3.05, 3.63) is 35.9 Å². The topological polar surface area (TPSA) is 58.6 Å². The van der Waals surface area contributed by atoms with Crippen LogP contribution in [-0.2, 0) is 9.53 Å². The number of benzene rings is 1. The van der Waals surface area contributed by atoms with E-state index in [0.29, 0.717) is 13.0 Å². The van der Waals surface area contributed by atoms with Crippen LogP contribution in [0.4, 0.5) is 0 Å². The van der Waals surface area contributed by atoms with E-state index >= 15 is 0 Å². The van der Waals surface area contributed by atoms with Gasteiger partial charge in [-0.3, -0.25) is 4.79 Å². The minimum Gasteiger partial charge on any atom is -0.469 e. The first-order chi connectivity index (χ1) is 9.10. The van der Waals surface area contributed by atoms with Crippen LogP contribution in [0.2, 0.25) is 0 Å². The maximum atomic E-state index is 11.7. The number of rotatable bonds is 7. The summed E-state index contributed by atoms with van der Waals surface area (Å²) in [7, 11) is 1.39. The Morgan fingerprint density at radius 3 is 2.53 bits per heavy atom. The number of nitrogens with one attached hydrogen (secondary N) is 1. The minimum atomic E-state index is -0.406. The average molecular weight is 265 g/mol. The zero-order valence-corrected chi connectivity index (χ0v) is 11.8. The first-order valence-electron chi connectivity index (χ1n) is 6.64. The van der Waals surface area contributed by atoms with E-state index in [0.717, 1.165) is 5.56 Å². The van der Waals surface area contributed by atoms with Gasteiger partial charge in [0.1, 0.15) is 0 Å². The fraction of sp³-hybridized carbons (Fsp3) is 0.533. The van der Waals surface area contributed by atoms with Crippen LogP contribution in [-0.4, -0.2) is 30.8 Å². The number of aliphatic hydroxyl groups excluding tert-OH is 1. The largest absolute Gasteiger partial charge is 0.469 e. The molecule has 0 fully saturated rings. The molecule has 4 heteroatoms. The quantitative estimate of drug-likeness (QED) is 0.739. The standard InChI is InChI=1S/C15H23NO3/c1-4-13(17)10-16-14(11(2)15(18)19-3)12-8-6-5-7-9-12/h5-9,11,13-14,16-17H,4,10H2,1-3H3. The van der Waals surface area contributed by atoms with Gasteiger partial charge >= 0.3 is 5.97 Å². The van der Waals surface area contributed by atoms with Crippen molar-refractivity contribution in [1.29, 1.82) is 0 Å². The number of ether oxygens (including phenoxy) is 1. The zero-order chi connectivity index (χ0) is 14.3. The average Bonchev–Trinajstić information content (AvgIpc) is 2.47. The molecule has 0 spiro atoms. The molecule has 3 unspecified atom stereocenters. The molecule has 2 N–H and O–H groups in total. The van der Waals surface area contributed by atoms with Crippen molar-refractivity contribution in [2.24, 2.45) is 5.92 Å². The number of hydrogen-bond donors (Lipinski definition) is 2. The van der Waals surface area contributed by atoms with Crippen molar-refractivity contribution in [2.45, 2.75) is 32.4 Å². The van der Waals surface area contributed by atoms with Crippen molar-refractivity contribution >= 4 is 5.97 Å². The van der Waals surface area contributed by atoms with Crippen molar-refractivity contribution in [3.63, 3.8) is 0 Å². The second-order valence-electron chi connectivity index (χ2n) is 4.67. The lowest BCUT2D eigenvalue weighted by molar-refractivity contribution is -0.146. The van der Waals surface area contributed by atoms with Gasteiger partial charge in [0.15, 0.2) is 0 Å². The normalized spacial score (nSPS) is 15.6. The molecule has 0 radical (unpaired) electrons. The zero-order valence-electron chi connectivity index (χ0n) is 11.8. The summed E-state index contributed by atoms with van der Waals surface area (Å²) in [6, 6.07) is 9.58. The van der Waals surface area contributed by atoms with E-state index in [1.165, 1.54) is 7.11 Å². The lowest BCUT2D eigenvalue weighted by Gasteiger charge is -2.25. The van der Waals surface area contributed by atoms with Crippen molar-refractivity contribution in [3.8, 4) is 0 Å². The summed E-state index contributed by atoms with van der Waals surface area (Å²) in [4.78, 5) is 11.7. The molecule has 0 aliphatic rings. The summed E-state index contributed by atoms with van der Waals surface area (Å²) in [5, 5.41) is 12.9. The fourth-order valence-corrected chi connectivity index (χ4v) is 1.97. The minimum absolute atomic E-state index is 0.158. The Labute approximate surface area is 114 Å². The molecule has 0 saturated heterocycles. The van der Waals surface area contributed by atoms with Crippen LogP contribution in [0.1, 0.15) is 31.9 Å². The van der Waals surface area contributed by atoms with E-state index in [-0.39, 0.29) is 17.9 Å². The maximum Gasteiger partial charge on any atom is 0.310 e. The highest BCUT2D eigenvalue weighted by molar-refractivity contribution is 5.73. The van der Waals surface area contributed by atoms with Gasteiger partial charge in [-0.1, -0.05) is 44.2 Å². The monoisotopic (exact) mass is 265 g/mol. The molecule has 0 bridgehead atoms. The highest BCUT2D eigenvalue weighted by Crippen LogP contribution is 2.22. The van der Waals surface area contributed by atoms with Crippen LogP contribution in [0.15, 0.2) is 30.3 Å². The van der Waals surface area contributed by atoms with Crippen LogP contribution in [0.5, 0.6) is 0 Å². The van der Waals surface area contributed by atoms with E-state index in [9.17, 15) is 9.90 Å². The molecule has 0 aliphatic carbocycles. The van der Waals surface area contributed by atoms with E-state index < -0.39 is 6.10 Å². The third kappa shape index (κ3) is 4.65. The SMILES string of the molecule is CCC(O)CNC(c1ccccc1)C(C)C(=O)OC. The lowest BCUT2D eigenvalue weighted by Crippen LogP contribution is -2.36. The Kier molecular flexibility index (Phi) is 6.53. The van der Waals surface area contributed by atoms with Gasteiger partial charge in [-0.15, -0.1) is 0 Å². The molecule has 0 saturated carbocycles. The predicted octanol–water partition coefficient (Wildman–Crippen LogP) is 1.90. The number of carbonyl (C=O) groups is 1. The Bertz CT molecular complexity index is 380. The summed E-state index contributed by atoms with van der Waals surface area (Å²) >= 11 is 0. The first kappa shape index (κ1) is 15.7. The molecule has 0 aromatic heterocycles. The maximum absolute atomic E-state index is 11.7. The second-order valence-corrected chi connectivity index (χ2v) is 4.67. The van der Waals surface area contributed by atoms with Crippen LogP contribution >= 0.6 is 0 Å². The number of methoxy groups -OCH3 is 1. The number of aliphatic hydroxyl groups is 1. The molecule has 4 nitrogen and oxygen atoms in total. The Morgan fingerprint density at radius 1 is 1.37 bits per heavy atom. The van der Waals surface area contributed by atoms with Crippen molar-refractivity contribution in [1.82, 2.24) is 5.32 Å². The summed E-state index contributed by atoms with van der Waals surface area (Å²) in [6.07, 6.45) is 0.275. The molecule has 3 atom stereocenters. The Morgan fingerprint density at radius 2 is 2.00 bits per heavy atom. The summed E-state index contributed by atoms with van der Waals surface area (Å²) < 4.78 is 4.81. The third-order valence-electron chi connectivity index (χ3n) is 3.28. The number of esters is 1. The highest BCUT2D eigenvalue weighted by Gasteiger charge is 2.26. The van der Waals surface area contributed by atoms with Gasteiger partial charge in [0.25, 0.3) is 0 Å². The smallest absolute Gasteiger partial charge is 0.310 e. The van der Waals surface area contributed by atoms with Gasteiger partial charge < -0.3 is 15.2 Å². The van der Waals surface area contributed by atoms with Crippen molar-refractivity contribution < 1.29 is 14.6 Å². The highest BCUT2D eigenvalue weighted by atomic mass is 16.5. The van der Waals surface area contributed by atoms with Gasteiger partial charge in [0.05, 0.1) is 19.1 Å². The van der Waals surface area contributed by atoms with E-state index in [1.54, 1.807) is 0 Å². The summed E-state index contributed by atoms with van der Waals surface area (Å²) in [5.41, 5.74) is 1.02. The van der Waals surface area contributed by atoms with Gasteiger partial charge in [0, 0.05) is 12.6 Å². The van der Waals surface area contributed by atoms with Gasteiger partial charge in [-0.2, -0.15) is 0 Å². The molecule has 0 heterocycles. The number of hydrogen-bond acceptors (Lipinski definition) is 4. The Hall–Kier alpha value is -1.39. The summed E-state index contributed by atoms with van der Waals surface area (Å²) in [5.74, 6) is -0.566. The van der Waals surface area contributed by atoms with Crippen LogP contribution in [0, 0.1) is 5.92 Å². The first-order valence-corrected chi connectivity index (χ1v) is 6.64. The molecule has 106 valence electrons. The van der Waals surface area contributed by atoms with Crippen molar-refractivity contribution in [2.75, 3.05) is 13.7 Å². The molecule has 1 aromatic carbocycles. The van der Waals surface area contributed by atoms with E-state index in [2.05, 4.69) is 5.32 Å². The third-order valence-corrected chi connectivity index (χ3v) is 3.28. The lowest BCUT2D eigenvalue weighted by atomic mass is 9.94.